The second-order valence-corrected chi connectivity index (χ2v) is 23.8. The van der Waals surface area contributed by atoms with Gasteiger partial charge in [0.2, 0.25) is 5.89 Å². The van der Waals surface area contributed by atoms with Gasteiger partial charge in [0.25, 0.3) is 0 Å². The number of aromatic hydroxyl groups is 1. The summed E-state index contributed by atoms with van der Waals surface area (Å²) < 4.78 is 6.77. The molecule has 2 heterocycles. The van der Waals surface area contributed by atoms with Gasteiger partial charge in [0.1, 0.15) is 11.3 Å². The zero-order valence-electron chi connectivity index (χ0n) is 43.3. The second kappa shape index (κ2) is 18.5. The number of nitrogens with zero attached hydrogens (tertiary/aromatic N) is 2. The van der Waals surface area contributed by atoms with Crippen LogP contribution in [0.15, 0.2) is 120 Å². The first-order valence-electron chi connectivity index (χ1n) is 24.3. The summed E-state index contributed by atoms with van der Waals surface area (Å²) >= 11 is 0. The van der Waals surface area contributed by atoms with Crippen LogP contribution < -0.4 is 0 Å². The SMILES string of the molecule is CC(C)C(c1cc(-c2cc(-c3ccc(C(C)(C)C)cc3)cc3oc(-c4cc(C(C)(C)C)ccc4O)nc23)[c-]c(-c2cc(C(C)(C)C)cc3c(-c4ccc(C(C)(C)C)cc4)ccnc23)c1)C(C)C.[Pt]. The zero-order chi connectivity index (χ0) is 48.5. The van der Waals surface area contributed by atoms with Gasteiger partial charge in [0, 0.05) is 38.2 Å². The fourth-order valence-electron chi connectivity index (χ4n) is 9.76. The van der Waals surface area contributed by atoms with E-state index in [1.54, 1.807) is 6.07 Å². The van der Waals surface area contributed by atoms with Crippen molar-refractivity contribution in [1.82, 2.24) is 9.97 Å². The van der Waals surface area contributed by atoms with Crippen LogP contribution in [-0.2, 0) is 42.7 Å². The fourth-order valence-corrected chi connectivity index (χ4v) is 9.76. The standard InChI is InChI=1S/C63H71N2O2.Pt/c1-37(2)56(38(3)4)44-30-42(29-43(31-44)51-35-48(63(14,15)16)36-52-49(27-28-64-57(51)52)40-19-23-46(24-20-40)61(8,9)10)50-32-41(39-17-21-45(22-18-39)60(5,6)7)33-55-58(50)65-59(67-55)53-34-47(62(11,12)13)25-26-54(53)66;/h17-28,30-38,56,66H,1-16H3;/q-1;. The van der Waals surface area contributed by atoms with Gasteiger partial charge in [-0.05, 0) is 114 Å². The zero-order valence-corrected chi connectivity index (χ0v) is 45.5. The molecule has 4 nitrogen and oxygen atoms in total. The number of pyridine rings is 1. The van der Waals surface area contributed by atoms with Crippen LogP contribution in [0.2, 0.25) is 0 Å². The Kier molecular flexibility index (Phi) is 13.8. The monoisotopic (exact) mass is 1080 g/mol. The molecule has 0 amide bonds. The third-order valence-corrected chi connectivity index (χ3v) is 13.7. The number of rotatable bonds is 8. The van der Waals surface area contributed by atoms with E-state index in [1.807, 2.05) is 18.3 Å². The minimum atomic E-state index is -0.138. The largest absolute Gasteiger partial charge is 0.507 e. The van der Waals surface area contributed by atoms with Crippen LogP contribution in [0.3, 0.4) is 0 Å². The average molecular weight is 1080 g/mol. The molecule has 8 rings (SSSR count). The van der Waals surface area contributed by atoms with Crippen molar-refractivity contribution in [3.05, 3.63) is 149 Å². The van der Waals surface area contributed by atoms with Gasteiger partial charge in [0.05, 0.1) is 11.1 Å². The van der Waals surface area contributed by atoms with Gasteiger partial charge < -0.3 is 9.52 Å². The van der Waals surface area contributed by atoms with Crippen molar-refractivity contribution in [2.45, 2.75) is 138 Å². The maximum atomic E-state index is 11.3. The number of hydrogen-bond acceptors (Lipinski definition) is 4. The van der Waals surface area contributed by atoms with Crippen molar-refractivity contribution in [3.8, 4) is 61.7 Å². The molecule has 8 aromatic rings. The summed E-state index contributed by atoms with van der Waals surface area (Å²) in [5.74, 6) is 1.55. The number of phenolic OH excluding ortho intramolecular Hbond substituents is 1. The third kappa shape index (κ3) is 10.2. The van der Waals surface area contributed by atoms with Gasteiger partial charge in [-0.2, -0.15) is 0 Å². The molecule has 68 heavy (non-hydrogen) atoms. The van der Waals surface area contributed by atoms with Gasteiger partial charge >= 0.3 is 0 Å². The molecule has 0 saturated carbocycles. The summed E-state index contributed by atoms with van der Waals surface area (Å²) in [5.41, 5.74) is 17.2. The van der Waals surface area contributed by atoms with Crippen LogP contribution in [0.1, 0.15) is 145 Å². The Hall–Kier alpha value is -5.31. The molecule has 2 aromatic heterocycles. The molecular weight excluding hydrogens is 1010 g/mol. The van der Waals surface area contributed by atoms with E-state index in [-0.39, 0.29) is 54.4 Å². The first-order valence-corrected chi connectivity index (χ1v) is 24.3. The second-order valence-electron chi connectivity index (χ2n) is 23.8. The summed E-state index contributed by atoms with van der Waals surface area (Å²) in [5, 5.41) is 12.5. The van der Waals surface area contributed by atoms with E-state index in [0.29, 0.717) is 28.9 Å². The fraction of sp³-hybridized carbons (Fsp3) is 0.365. The van der Waals surface area contributed by atoms with Crippen LogP contribution in [0.4, 0.5) is 0 Å². The first-order chi connectivity index (χ1) is 31.3. The van der Waals surface area contributed by atoms with Crippen LogP contribution in [0, 0.1) is 17.9 Å². The number of aromatic nitrogens is 2. The maximum absolute atomic E-state index is 11.3. The van der Waals surface area contributed by atoms with Gasteiger partial charge in [-0.25, -0.2) is 4.98 Å². The molecule has 0 bridgehead atoms. The van der Waals surface area contributed by atoms with E-state index in [0.717, 1.165) is 60.9 Å². The number of benzene rings is 6. The topological polar surface area (TPSA) is 59.2 Å². The van der Waals surface area contributed by atoms with E-state index >= 15 is 0 Å². The molecule has 1 N–H and O–H groups in total. The Labute approximate surface area is 421 Å². The first kappa shape index (κ1) is 50.6. The molecule has 0 unspecified atom stereocenters. The van der Waals surface area contributed by atoms with Crippen LogP contribution in [0.5, 0.6) is 5.75 Å². The Balaban J connectivity index is 0.00000684. The predicted molar refractivity (Wildman–Crippen MR) is 284 cm³/mol. The van der Waals surface area contributed by atoms with Crippen molar-refractivity contribution in [2.24, 2.45) is 11.8 Å². The van der Waals surface area contributed by atoms with Crippen LogP contribution >= 0.6 is 0 Å². The quantitative estimate of drug-likeness (QED) is 0.154. The smallest absolute Gasteiger partial charge is 0.230 e. The van der Waals surface area contributed by atoms with Crippen molar-refractivity contribution < 1.29 is 30.6 Å². The number of oxazole rings is 1. The van der Waals surface area contributed by atoms with Gasteiger partial charge in [0.15, 0.2) is 0 Å². The molecule has 0 aliphatic heterocycles. The Morgan fingerprint density at radius 2 is 0.985 bits per heavy atom. The number of phenols is 1. The molecule has 0 aliphatic rings. The summed E-state index contributed by atoms with van der Waals surface area (Å²) in [4.78, 5) is 10.5. The normalized spacial score (nSPS) is 12.8. The van der Waals surface area contributed by atoms with Crippen molar-refractivity contribution >= 4 is 22.0 Å². The molecule has 0 aliphatic carbocycles. The average Bonchev–Trinajstić information content (AvgIpc) is 3.68. The molecule has 0 spiro atoms. The molecule has 0 saturated heterocycles. The molecule has 356 valence electrons. The Bertz CT molecular complexity index is 3100. The minimum absolute atomic E-state index is 0. The molecule has 0 fully saturated rings. The van der Waals surface area contributed by atoms with Crippen molar-refractivity contribution in [3.63, 3.8) is 0 Å². The predicted octanol–water partition coefficient (Wildman–Crippen LogP) is 17.8. The molecule has 6 aromatic carbocycles. The third-order valence-electron chi connectivity index (χ3n) is 13.7. The van der Waals surface area contributed by atoms with Crippen molar-refractivity contribution in [1.29, 1.82) is 0 Å². The van der Waals surface area contributed by atoms with Crippen LogP contribution in [0.25, 0.3) is 78.0 Å². The van der Waals surface area contributed by atoms with Gasteiger partial charge in [-0.15, -0.1) is 34.9 Å². The summed E-state index contributed by atoms with van der Waals surface area (Å²) in [6.45, 7) is 36.2. The van der Waals surface area contributed by atoms with Crippen LogP contribution in [-0.4, -0.2) is 15.1 Å². The van der Waals surface area contributed by atoms with E-state index in [1.165, 1.54) is 27.8 Å². The number of hydrogen-bond donors (Lipinski definition) is 1. The molecule has 5 heteroatoms. The summed E-state index contributed by atoms with van der Waals surface area (Å²) in [7, 11) is 0. The van der Waals surface area contributed by atoms with Crippen molar-refractivity contribution in [2.75, 3.05) is 0 Å². The molecule has 0 radical (unpaired) electrons. The Morgan fingerprint density at radius 3 is 1.51 bits per heavy atom. The summed E-state index contributed by atoms with van der Waals surface area (Å²) in [6, 6.07) is 43.7. The van der Waals surface area contributed by atoms with E-state index in [4.69, 9.17) is 14.4 Å². The maximum Gasteiger partial charge on any atom is 0.230 e. The van der Waals surface area contributed by atoms with Gasteiger partial charge in [-0.1, -0.05) is 189 Å². The van der Waals surface area contributed by atoms with E-state index in [9.17, 15) is 5.11 Å². The number of fused-ring (bicyclic) bond motifs is 2. The van der Waals surface area contributed by atoms with Gasteiger partial charge in [-0.3, -0.25) is 4.98 Å². The Morgan fingerprint density at radius 1 is 0.485 bits per heavy atom. The summed E-state index contributed by atoms with van der Waals surface area (Å²) in [6.07, 6.45) is 1.96. The molecular formula is C63H71N2O2Pt-. The van der Waals surface area contributed by atoms with E-state index in [2.05, 4.69) is 208 Å². The minimum Gasteiger partial charge on any atom is -0.507 e. The molecule has 0 atom stereocenters. The van der Waals surface area contributed by atoms with E-state index < -0.39 is 0 Å².